The lowest BCUT2D eigenvalue weighted by Crippen LogP contribution is -2.47. The molecule has 0 spiro atoms. The van der Waals surface area contributed by atoms with Crippen molar-refractivity contribution < 1.29 is 0 Å². The molecule has 0 aromatic heterocycles. The molecule has 1 aromatic rings. The summed E-state index contributed by atoms with van der Waals surface area (Å²) < 4.78 is 1.17. The maximum atomic E-state index is 5.93. The molecule has 1 heterocycles. The highest BCUT2D eigenvalue weighted by molar-refractivity contribution is 9.10. The van der Waals surface area contributed by atoms with E-state index in [0.29, 0.717) is 0 Å². The summed E-state index contributed by atoms with van der Waals surface area (Å²) in [7, 11) is 0. The van der Waals surface area contributed by atoms with Gasteiger partial charge in [-0.05, 0) is 53.4 Å². The molecular weight excluding hydrogens is 302 g/mol. The van der Waals surface area contributed by atoms with Gasteiger partial charge in [0.05, 0.1) is 5.69 Å². The van der Waals surface area contributed by atoms with Gasteiger partial charge in [0.15, 0.2) is 0 Å². The summed E-state index contributed by atoms with van der Waals surface area (Å²) in [5.41, 5.74) is 8.42. The van der Waals surface area contributed by atoms with Crippen molar-refractivity contribution in [2.45, 2.75) is 31.8 Å². The largest absolute Gasteiger partial charge is 0.368 e. The van der Waals surface area contributed by atoms with Gasteiger partial charge in [0, 0.05) is 42.7 Å². The van der Waals surface area contributed by atoms with Crippen LogP contribution in [0, 0.1) is 0 Å². The number of nitrogens with zero attached hydrogens (tertiary/aromatic N) is 2. The Hall–Kier alpha value is -0.580. The van der Waals surface area contributed by atoms with Gasteiger partial charge in [-0.3, -0.25) is 4.90 Å². The van der Waals surface area contributed by atoms with Gasteiger partial charge in [0.1, 0.15) is 0 Å². The molecule has 0 bridgehead atoms. The minimum absolute atomic E-state index is 0.0945. The first-order chi connectivity index (χ1) is 9.15. The standard InChI is InChI=1S/C15H22BrN3/c1-11(17)12-2-5-15(14(16)10-12)19-8-6-18(7-9-19)13-3-4-13/h2,5,10-11,13H,3-4,6-9,17H2,1H3. The molecule has 1 aromatic carbocycles. The molecule has 0 amide bonds. The number of hydrogen-bond acceptors (Lipinski definition) is 3. The maximum absolute atomic E-state index is 5.93. The quantitative estimate of drug-likeness (QED) is 0.928. The molecule has 1 unspecified atom stereocenters. The Labute approximate surface area is 123 Å². The van der Waals surface area contributed by atoms with Gasteiger partial charge in [-0.2, -0.15) is 0 Å². The summed E-state index contributed by atoms with van der Waals surface area (Å²) in [5.74, 6) is 0. The number of hydrogen-bond donors (Lipinski definition) is 1. The molecule has 1 aliphatic carbocycles. The highest BCUT2D eigenvalue weighted by Gasteiger charge is 2.31. The van der Waals surface area contributed by atoms with E-state index in [-0.39, 0.29) is 6.04 Å². The molecule has 1 aliphatic heterocycles. The number of nitrogens with two attached hydrogens (primary N) is 1. The number of halogens is 1. The highest BCUT2D eigenvalue weighted by atomic mass is 79.9. The molecular formula is C15H22BrN3. The third kappa shape index (κ3) is 2.96. The molecule has 2 N–H and O–H groups in total. The Morgan fingerprint density at radius 1 is 1.21 bits per heavy atom. The van der Waals surface area contributed by atoms with Crippen LogP contribution in [0.15, 0.2) is 22.7 Å². The molecule has 2 fully saturated rings. The van der Waals surface area contributed by atoms with Crippen LogP contribution in [0.25, 0.3) is 0 Å². The molecule has 2 aliphatic rings. The van der Waals surface area contributed by atoms with Gasteiger partial charge in [-0.1, -0.05) is 6.07 Å². The molecule has 104 valence electrons. The minimum atomic E-state index is 0.0945. The van der Waals surface area contributed by atoms with Crippen LogP contribution in [0.3, 0.4) is 0 Å². The second kappa shape index (κ2) is 5.43. The van der Waals surface area contributed by atoms with Crippen LogP contribution < -0.4 is 10.6 Å². The van der Waals surface area contributed by atoms with Gasteiger partial charge in [-0.25, -0.2) is 0 Å². The topological polar surface area (TPSA) is 32.5 Å². The second-order valence-electron chi connectivity index (χ2n) is 5.75. The zero-order valence-electron chi connectivity index (χ0n) is 11.5. The van der Waals surface area contributed by atoms with Crippen molar-refractivity contribution in [3.05, 3.63) is 28.2 Å². The molecule has 1 saturated carbocycles. The SMILES string of the molecule is CC(N)c1ccc(N2CCN(C3CC3)CC2)c(Br)c1. The Balaban J connectivity index is 1.69. The van der Waals surface area contributed by atoms with Crippen molar-refractivity contribution in [3.63, 3.8) is 0 Å². The van der Waals surface area contributed by atoms with Crippen LogP contribution in [0.5, 0.6) is 0 Å². The summed E-state index contributed by atoms with van der Waals surface area (Å²) in [6.07, 6.45) is 2.82. The normalized spacial score (nSPS) is 22.6. The number of piperazine rings is 1. The van der Waals surface area contributed by atoms with Crippen molar-refractivity contribution >= 4 is 21.6 Å². The monoisotopic (exact) mass is 323 g/mol. The van der Waals surface area contributed by atoms with Crippen molar-refractivity contribution in [1.29, 1.82) is 0 Å². The first-order valence-corrected chi connectivity index (χ1v) is 7.98. The van der Waals surface area contributed by atoms with Gasteiger partial charge in [0.2, 0.25) is 0 Å². The molecule has 1 atom stereocenters. The fraction of sp³-hybridized carbons (Fsp3) is 0.600. The van der Waals surface area contributed by atoms with Gasteiger partial charge < -0.3 is 10.6 Å². The molecule has 1 saturated heterocycles. The van der Waals surface area contributed by atoms with E-state index < -0.39 is 0 Å². The van der Waals surface area contributed by atoms with E-state index in [1.54, 1.807) is 0 Å². The fourth-order valence-corrected chi connectivity index (χ4v) is 3.48. The predicted molar refractivity (Wildman–Crippen MR) is 83.6 cm³/mol. The van der Waals surface area contributed by atoms with E-state index >= 15 is 0 Å². The first kappa shape index (κ1) is 13.4. The zero-order chi connectivity index (χ0) is 13.4. The van der Waals surface area contributed by atoms with Crippen LogP contribution in [0.1, 0.15) is 31.4 Å². The Bertz CT molecular complexity index is 449. The maximum Gasteiger partial charge on any atom is 0.0511 e. The molecule has 0 radical (unpaired) electrons. The van der Waals surface area contributed by atoms with E-state index in [0.717, 1.165) is 19.1 Å². The van der Waals surface area contributed by atoms with Crippen molar-refractivity contribution in [2.24, 2.45) is 5.73 Å². The zero-order valence-corrected chi connectivity index (χ0v) is 13.1. The third-order valence-corrected chi connectivity index (χ3v) is 4.85. The number of anilines is 1. The van der Waals surface area contributed by atoms with Crippen LogP contribution in [0.2, 0.25) is 0 Å². The third-order valence-electron chi connectivity index (χ3n) is 4.22. The van der Waals surface area contributed by atoms with E-state index in [2.05, 4.69) is 43.9 Å². The van der Waals surface area contributed by atoms with E-state index in [9.17, 15) is 0 Å². The van der Waals surface area contributed by atoms with Gasteiger partial charge in [-0.15, -0.1) is 0 Å². The first-order valence-electron chi connectivity index (χ1n) is 7.19. The Morgan fingerprint density at radius 3 is 2.42 bits per heavy atom. The summed E-state index contributed by atoms with van der Waals surface area (Å²) >= 11 is 3.70. The van der Waals surface area contributed by atoms with E-state index in [1.807, 2.05) is 6.92 Å². The van der Waals surface area contributed by atoms with Crippen molar-refractivity contribution in [3.8, 4) is 0 Å². The fourth-order valence-electron chi connectivity index (χ4n) is 2.83. The van der Waals surface area contributed by atoms with E-state index in [4.69, 9.17) is 5.73 Å². The van der Waals surface area contributed by atoms with Crippen molar-refractivity contribution in [2.75, 3.05) is 31.1 Å². The number of benzene rings is 1. The van der Waals surface area contributed by atoms with Gasteiger partial charge in [0.25, 0.3) is 0 Å². The van der Waals surface area contributed by atoms with Crippen molar-refractivity contribution in [1.82, 2.24) is 4.90 Å². The van der Waals surface area contributed by atoms with E-state index in [1.165, 1.54) is 41.7 Å². The lowest BCUT2D eigenvalue weighted by Gasteiger charge is -2.36. The molecule has 19 heavy (non-hydrogen) atoms. The Kier molecular flexibility index (Phi) is 3.83. The van der Waals surface area contributed by atoms with Crippen LogP contribution >= 0.6 is 15.9 Å². The second-order valence-corrected chi connectivity index (χ2v) is 6.61. The minimum Gasteiger partial charge on any atom is -0.368 e. The van der Waals surface area contributed by atoms with Crippen LogP contribution in [0.4, 0.5) is 5.69 Å². The summed E-state index contributed by atoms with van der Waals surface area (Å²) in [6, 6.07) is 7.50. The lowest BCUT2D eigenvalue weighted by molar-refractivity contribution is 0.248. The molecule has 4 heteroatoms. The Morgan fingerprint density at radius 2 is 1.89 bits per heavy atom. The lowest BCUT2D eigenvalue weighted by atomic mass is 10.1. The number of rotatable bonds is 3. The highest BCUT2D eigenvalue weighted by Crippen LogP contribution is 2.32. The smallest absolute Gasteiger partial charge is 0.0511 e. The average molecular weight is 324 g/mol. The summed E-state index contributed by atoms with van der Waals surface area (Å²) in [4.78, 5) is 5.12. The predicted octanol–water partition coefficient (Wildman–Crippen LogP) is 2.75. The van der Waals surface area contributed by atoms with Crippen LogP contribution in [-0.4, -0.2) is 37.1 Å². The van der Waals surface area contributed by atoms with Gasteiger partial charge >= 0.3 is 0 Å². The average Bonchev–Trinajstić information content (AvgIpc) is 3.23. The molecule has 3 rings (SSSR count). The van der Waals surface area contributed by atoms with Crippen LogP contribution in [-0.2, 0) is 0 Å². The molecule has 3 nitrogen and oxygen atoms in total. The summed E-state index contributed by atoms with van der Waals surface area (Å²) in [6.45, 7) is 6.69. The summed E-state index contributed by atoms with van der Waals surface area (Å²) in [5, 5.41) is 0.